The van der Waals surface area contributed by atoms with Crippen LogP contribution in [0.3, 0.4) is 0 Å². The van der Waals surface area contributed by atoms with Gasteiger partial charge >= 0.3 is 0 Å². The van der Waals surface area contributed by atoms with E-state index in [1.807, 2.05) is 0 Å². The molecule has 0 spiro atoms. The van der Waals surface area contributed by atoms with E-state index in [4.69, 9.17) is 27.6 Å². The third kappa shape index (κ3) is 4.38. The Morgan fingerprint density at radius 1 is 1.03 bits per heavy atom. The van der Waals surface area contributed by atoms with Crippen LogP contribution < -0.4 is 0 Å². The second-order valence-corrected chi connectivity index (χ2v) is 9.57. The average Bonchev–Trinajstić information content (AvgIpc) is 3.19. The second kappa shape index (κ2) is 8.64. The van der Waals surface area contributed by atoms with E-state index >= 15 is 0 Å². The summed E-state index contributed by atoms with van der Waals surface area (Å²) in [5, 5.41) is 0.247. The van der Waals surface area contributed by atoms with Gasteiger partial charge in [0.25, 0.3) is 0 Å². The van der Waals surface area contributed by atoms with Crippen molar-refractivity contribution in [2.45, 2.75) is 11.4 Å². The van der Waals surface area contributed by atoms with Crippen LogP contribution in [-0.2, 0) is 16.6 Å². The fraction of sp³-hybridized carbons (Fsp3) is 0.250. The maximum Gasteiger partial charge on any atom is 0.244 e. The Labute approximate surface area is 183 Å². The van der Waals surface area contributed by atoms with Crippen LogP contribution in [0.4, 0.5) is 4.39 Å². The number of aromatic nitrogens is 1. The lowest BCUT2D eigenvalue weighted by atomic mass is 10.2. The van der Waals surface area contributed by atoms with Gasteiger partial charge in [0.2, 0.25) is 15.9 Å². The molecule has 0 N–H and O–H groups in total. The number of piperazine rings is 1. The Kier molecular flexibility index (Phi) is 6.13. The maximum absolute atomic E-state index is 13.1. The lowest BCUT2D eigenvalue weighted by molar-refractivity contribution is 0.180. The fourth-order valence-electron chi connectivity index (χ4n) is 3.28. The first kappa shape index (κ1) is 21.3. The molecule has 2 heterocycles. The molecule has 4 rings (SSSR count). The van der Waals surface area contributed by atoms with Crippen LogP contribution in [0.5, 0.6) is 0 Å². The normalized spacial score (nSPS) is 16.1. The lowest BCUT2D eigenvalue weighted by Crippen LogP contribution is -2.48. The smallest absolute Gasteiger partial charge is 0.244 e. The van der Waals surface area contributed by atoms with Gasteiger partial charge in [0.15, 0.2) is 0 Å². The number of hydrogen-bond acceptors (Lipinski definition) is 5. The summed E-state index contributed by atoms with van der Waals surface area (Å²) in [6.45, 7) is 2.25. The van der Waals surface area contributed by atoms with Gasteiger partial charge < -0.3 is 4.42 Å². The second-order valence-electron chi connectivity index (χ2n) is 6.88. The highest BCUT2D eigenvalue weighted by molar-refractivity contribution is 7.89. The predicted octanol–water partition coefficient (Wildman–Crippen LogP) is 4.29. The Morgan fingerprint density at radius 3 is 2.43 bits per heavy atom. The van der Waals surface area contributed by atoms with Crippen molar-refractivity contribution in [1.29, 1.82) is 0 Å². The first-order valence-corrected chi connectivity index (χ1v) is 11.4. The van der Waals surface area contributed by atoms with Gasteiger partial charge in [-0.3, -0.25) is 4.90 Å². The van der Waals surface area contributed by atoms with Gasteiger partial charge in [-0.1, -0.05) is 29.3 Å². The van der Waals surface area contributed by atoms with Crippen LogP contribution in [0.2, 0.25) is 10.0 Å². The molecule has 1 aliphatic rings. The molecule has 158 valence electrons. The van der Waals surface area contributed by atoms with Gasteiger partial charge in [-0.05, 0) is 36.4 Å². The van der Waals surface area contributed by atoms with Gasteiger partial charge in [-0.2, -0.15) is 4.31 Å². The summed E-state index contributed by atoms with van der Waals surface area (Å²) in [4.78, 5) is 6.56. The van der Waals surface area contributed by atoms with Crippen molar-refractivity contribution in [3.05, 3.63) is 70.3 Å². The van der Waals surface area contributed by atoms with E-state index in [9.17, 15) is 12.8 Å². The van der Waals surface area contributed by atoms with Crippen molar-refractivity contribution in [3.63, 3.8) is 0 Å². The summed E-state index contributed by atoms with van der Waals surface area (Å²) in [6.07, 6.45) is 1.56. The first-order valence-electron chi connectivity index (χ1n) is 9.21. The lowest BCUT2D eigenvalue weighted by Gasteiger charge is -2.33. The molecule has 0 atom stereocenters. The van der Waals surface area contributed by atoms with E-state index in [-0.39, 0.29) is 20.8 Å². The summed E-state index contributed by atoms with van der Waals surface area (Å²) < 4.78 is 45.8. The van der Waals surface area contributed by atoms with Gasteiger partial charge in [0, 0.05) is 38.3 Å². The molecule has 10 heteroatoms. The molecule has 2 aromatic carbocycles. The largest absolute Gasteiger partial charge is 0.444 e. The van der Waals surface area contributed by atoms with E-state index < -0.39 is 10.0 Å². The monoisotopic (exact) mass is 469 g/mol. The predicted molar refractivity (Wildman–Crippen MR) is 112 cm³/mol. The zero-order valence-electron chi connectivity index (χ0n) is 15.8. The summed E-state index contributed by atoms with van der Waals surface area (Å²) in [5.74, 6) is 0.0965. The Balaban J connectivity index is 1.39. The standard InChI is InChI=1S/C20H18Cl2FN3O3S/c21-17-2-1-3-18(19(17)22)30(27,28)26-10-8-25(9-11-26)12-16-13-29-20(24-16)14-4-6-15(23)7-5-14/h1-7,13H,8-12H2. The SMILES string of the molecule is O=S(=O)(c1cccc(Cl)c1Cl)N1CCN(Cc2coc(-c3ccc(F)cc3)n2)CC1. The van der Waals surface area contributed by atoms with Crippen LogP contribution in [0.25, 0.3) is 11.5 Å². The third-order valence-electron chi connectivity index (χ3n) is 4.89. The summed E-state index contributed by atoms with van der Waals surface area (Å²) in [6, 6.07) is 10.5. The molecular formula is C20H18Cl2FN3O3S. The van der Waals surface area contributed by atoms with Crippen molar-refractivity contribution in [2.24, 2.45) is 0 Å². The zero-order valence-corrected chi connectivity index (χ0v) is 18.1. The van der Waals surface area contributed by atoms with Crippen LogP contribution in [0.1, 0.15) is 5.69 Å². The summed E-state index contributed by atoms with van der Waals surface area (Å²) in [5.41, 5.74) is 1.42. The highest BCUT2D eigenvalue weighted by Gasteiger charge is 2.30. The Morgan fingerprint density at radius 2 is 1.73 bits per heavy atom. The number of hydrogen-bond donors (Lipinski definition) is 0. The van der Waals surface area contributed by atoms with Crippen LogP contribution in [0.15, 0.2) is 58.0 Å². The number of oxazole rings is 1. The molecule has 0 radical (unpaired) electrons. The molecule has 3 aromatic rings. The first-order chi connectivity index (χ1) is 14.3. The highest BCUT2D eigenvalue weighted by atomic mass is 35.5. The van der Waals surface area contributed by atoms with Crippen LogP contribution >= 0.6 is 23.2 Å². The molecule has 0 unspecified atom stereocenters. The molecule has 0 amide bonds. The minimum Gasteiger partial charge on any atom is -0.444 e. The number of sulfonamides is 1. The van der Waals surface area contributed by atoms with Crippen molar-refractivity contribution >= 4 is 33.2 Å². The maximum atomic E-state index is 13.1. The quantitative estimate of drug-likeness (QED) is 0.557. The molecule has 1 aromatic heterocycles. The average molecular weight is 470 g/mol. The molecule has 1 aliphatic heterocycles. The van der Waals surface area contributed by atoms with Crippen LogP contribution in [0, 0.1) is 5.82 Å². The molecule has 1 fully saturated rings. The molecular weight excluding hydrogens is 452 g/mol. The van der Waals surface area contributed by atoms with Gasteiger partial charge in [0.05, 0.1) is 15.7 Å². The molecule has 0 bridgehead atoms. The van der Waals surface area contributed by atoms with Gasteiger partial charge in [-0.15, -0.1) is 0 Å². The molecule has 6 nitrogen and oxygen atoms in total. The highest BCUT2D eigenvalue weighted by Crippen LogP contribution is 2.31. The van der Waals surface area contributed by atoms with Crippen molar-refractivity contribution in [2.75, 3.05) is 26.2 Å². The van der Waals surface area contributed by atoms with Crippen LogP contribution in [-0.4, -0.2) is 48.8 Å². The Bertz CT molecular complexity index is 1140. The van der Waals surface area contributed by atoms with Gasteiger partial charge in [-0.25, -0.2) is 17.8 Å². The van der Waals surface area contributed by atoms with Crippen molar-refractivity contribution in [3.8, 4) is 11.5 Å². The zero-order chi connectivity index (χ0) is 21.3. The number of benzene rings is 2. The minimum absolute atomic E-state index is 0.0190. The van der Waals surface area contributed by atoms with Crippen molar-refractivity contribution < 1.29 is 17.2 Å². The molecule has 0 aliphatic carbocycles. The minimum atomic E-state index is -3.72. The van der Waals surface area contributed by atoms with E-state index in [1.54, 1.807) is 30.5 Å². The van der Waals surface area contributed by atoms with E-state index in [2.05, 4.69) is 9.88 Å². The fourth-order valence-corrected chi connectivity index (χ4v) is 5.44. The number of nitrogens with zero attached hydrogens (tertiary/aromatic N) is 3. The molecule has 1 saturated heterocycles. The topological polar surface area (TPSA) is 66.7 Å². The molecule has 30 heavy (non-hydrogen) atoms. The number of rotatable bonds is 5. The van der Waals surface area contributed by atoms with E-state index in [0.717, 1.165) is 5.69 Å². The molecule has 0 saturated carbocycles. The number of halogens is 3. The van der Waals surface area contributed by atoms with Crippen molar-refractivity contribution in [1.82, 2.24) is 14.2 Å². The summed E-state index contributed by atoms with van der Waals surface area (Å²) in [7, 11) is -3.72. The van der Waals surface area contributed by atoms with Gasteiger partial charge in [0.1, 0.15) is 17.0 Å². The third-order valence-corrected chi connectivity index (χ3v) is 7.77. The van der Waals surface area contributed by atoms with E-state index in [0.29, 0.717) is 44.2 Å². The Hall–Kier alpha value is -1.97. The van der Waals surface area contributed by atoms with E-state index in [1.165, 1.54) is 22.5 Å². The summed E-state index contributed by atoms with van der Waals surface area (Å²) >= 11 is 12.1.